The lowest BCUT2D eigenvalue weighted by molar-refractivity contribution is -0.153. The third-order valence-electron chi connectivity index (χ3n) is 2.09. The summed E-state index contributed by atoms with van der Waals surface area (Å²) in [5.74, 6) is -0.378. The van der Waals surface area contributed by atoms with Crippen molar-refractivity contribution in [2.24, 2.45) is 0 Å². The maximum Gasteiger partial charge on any atom is 0.449 e. The van der Waals surface area contributed by atoms with Crippen molar-refractivity contribution in [3.05, 3.63) is 23.7 Å². The molecule has 1 aliphatic rings. The summed E-state index contributed by atoms with van der Waals surface area (Å²) in [5.41, 5.74) is 0. The van der Waals surface area contributed by atoms with Gasteiger partial charge in [-0.1, -0.05) is 0 Å². The van der Waals surface area contributed by atoms with Crippen molar-refractivity contribution < 1.29 is 17.6 Å². The molecule has 2 rings (SSSR count). The number of nitrogens with one attached hydrogen (secondary N) is 1. The number of furan rings is 1. The summed E-state index contributed by atoms with van der Waals surface area (Å²) in [7, 11) is 0. The van der Waals surface area contributed by atoms with Crippen LogP contribution >= 0.6 is 0 Å². The second kappa shape index (κ2) is 2.77. The zero-order valence-electron chi connectivity index (χ0n) is 6.69. The highest BCUT2D eigenvalue weighted by atomic mass is 19.4. The Bertz CT molecular complexity index is 301. The van der Waals surface area contributed by atoms with Gasteiger partial charge in [-0.05, 0) is 12.1 Å². The maximum absolute atomic E-state index is 12.1. The third kappa shape index (κ3) is 1.56. The van der Waals surface area contributed by atoms with Crippen LogP contribution in [0, 0.1) is 0 Å². The zero-order valence-corrected chi connectivity index (χ0v) is 6.69. The SMILES string of the molecule is FC(F)(F)c1ccc(C2CNC2)o1. The molecular formula is C8H8F3NO. The lowest BCUT2D eigenvalue weighted by Gasteiger charge is -2.24. The van der Waals surface area contributed by atoms with E-state index in [-0.39, 0.29) is 5.92 Å². The Hall–Kier alpha value is -0.970. The molecule has 1 N–H and O–H groups in total. The first kappa shape index (κ1) is 8.62. The minimum Gasteiger partial charge on any atom is -0.456 e. The Kier molecular flexibility index (Phi) is 1.83. The summed E-state index contributed by atoms with van der Waals surface area (Å²) < 4.78 is 40.9. The van der Waals surface area contributed by atoms with Gasteiger partial charge < -0.3 is 9.73 Å². The predicted octanol–water partition coefficient (Wildman–Crippen LogP) is 1.99. The number of hydrogen-bond donors (Lipinski definition) is 1. The van der Waals surface area contributed by atoms with Crippen LogP contribution in [0.2, 0.25) is 0 Å². The van der Waals surface area contributed by atoms with Crippen LogP contribution < -0.4 is 5.32 Å². The van der Waals surface area contributed by atoms with Crippen molar-refractivity contribution in [2.75, 3.05) is 13.1 Å². The van der Waals surface area contributed by atoms with Gasteiger partial charge in [-0.3, -0.25) is 0 Å². The first-order chi connectivity index (χ1) is 6.07. The molecule has 5 heteroatoms. The van der Waals surface area contributed by atoms with Gasteiger partial charge in [0.1, 0.15) is 5.76 Å². The average Bonchev–Trinajstić information content (AvgIpc) is 2.29. The van der Waals surface area contributed by atoms with Crippen molar-refractivity contribution in [1.82, 2.24) is 5.32 Å². The molecule has 0 spiro atoms. The van der Waals surface area contributed by atoms with E-state index in [1.807, 2.05) is 0 Å². The van der Waals surface area contributed by atoms with E-state index in [1.165, 1.54) is 6.07 Å². The molecular weight excluding hydrogens is 183 g/mol. The first-order valence-corrected chi connectivity index (χ1v) is 3.95. The van der Waals surface area contributed by atoms with Crippen LogP contribution in [0.15, 0.2) is 16.5 Å². The highest BCUT2D eigenvalue weighted by molar-refractivity contribution is 5.16. The van der Waals surface area contributed by atoms with Crippen LogP contribution in [0.5, 0.6) is 0 Å². The van der Waals surface area contributed by atoms with Crippen molar-refractivity contribution in [3.63, 3.8) is 0 Å². The fourth-order valence-electron chi connectivity index (χ4n) is 1.21. The summed E-state index contributed by atoms with van der Waals surface area (Å²) in [6.07, 6.45) is -4.37. The monoisotopic (exact) mass is 191 g/mol. The van der Waals surface area contributed by atoms with Gasteiger partial charge in [0.2, 0.25) is 5.76 Å². The highest BCUT2D eigenvalue weighted by Crippen LogP contribution is 2.33. The summed E-state index contributed by atoms with van der Waals surface area (Å²) in [5, 5.41) is 2.97. The predicted molar refractivity (Wildman–Crippen MR) is 39.3 cm³/mol. The molecule has 0 radical (unpaired) electrons. The van der Waals surface area contributed by atoms with Crippen LogP contribution in [0.25, 0.3) is 0 Å². The average molecular weight is 191 g/mol. The summed E-state index contributed by atoms with van der Waals surface area (Å²) in [6.45, 7) is 1.40. The fraction of sp³-hybridized carbons (Fsp3) is 0.500. The largest absolute Gasteiger partial charge is 0.456 e. The van der Waals surface area contributed by atoms with E-state index in [0.717, 1.165) is 6.07 Å². The van der Waals surface area contributed by atoms with E-state index in [4.69, 9.17) is 0 Å². The molecule has 0 aromatic carbocycles. The summed E-state index contributed by atoms with van der Waals surface area (Å²) >= 11 is 0. The molecule has 72 valence electrons. The van der Waals surface area contributed by atoms with Gasteiger partial charge in [-0.15, -0.1) is 0 Å². The van der Waals surface area contributed by atoms with Crippen LogP contribution in [0.3, 0.4) is 0 Å². The smallest absolute Gasteiger partial charge is 0.449 e. The fourth-order valence-corrected chi connectivity index (χ4v) is 1.21. The van der Waals surface area contributed by atoms with E-state index < -0.39 is 11.9 Å². The summed E-state index contributed by atoms with van der Waals surface area (Å²) in [4.78, 5) is 0. The van der Waals surface area contributed by atoms with E-state index in [1.54, 1.807) is 0 Å². The van der Waals surface area contributed by atoms with Crippen molar-refractivity contribution in [3.8, 4) is 0 Å². The van der Waals surface area contributed by atoms with Crippen LogP contribution in [-0.2, 0) is 6.18 Å². The molecule has 0 aliphatic carbocycles. The number of hydrogen-bond acceptors (Lipinski definition) is 2. The zero-order chi connectivity index (χ0) is 9.47. The van der Waals surface area contributed by atoms with Gasteiger partial charge in [-0.2, -0.15) is 13.2 Å². The third-order valence-corrected chi connectivity index (χ3v) is 2.09. The first-order valence-electron chi connectivity index (χ1n) is 3.95. The lowest BCUT2D eigenvalue weighted by Crippen LogP contribution is -2.39. The topological polar surface area (TPSA) is 25.2 Å². The second-order valence-electron chi connectivity index (χ2n) is 3.05. The Morgan fingerprint density at radius 1 is 1.31 bits per heavy atom. The molecule has 1 aromatic rings. The van der Waals surface area contributed by atoms with Gasteiger partial charge in [0.15, 0.2) is 0 Å². The van der Waals surface area contributed by atoms with Crippen LogP contribution in [-0.4, -0.2) is 13.1 Å². The lowest BCUT2D eigenvalue weighted by atomic mass is 10.0. The molecule has 1 aliphatic heterocycles. The van der Waals surface area contributed by atoms with Gasteiger partial charge in [0, 0.05) is 19.0 Å². The molecule has 0 unspecified atom stereocenters. The standard InChI is InChI=1S/C8H8F3NO/c9-8(10,11)7-2-1-6(13-7)5-3-12-4-5/h1-2,5,12H,3-4H2. The molecule has 2 heterocycles. The molecule has 13 heavy (non-hydrogen) atoms. The molecule has 0 bridgehead atoms. The van der Waals surface area contributed by atoms with Crippen molar-refractivity contribution in [2.45, 2.75) is 12.1 Å². The Morgan fingerprint density at radius 2 is 2.00 bits per heavy atom. The Morgan fingerprint density at radius 3 is 2.38 bits per heavy atom. The van der Waals surface area contributed by atoms with E-state index in [2.05, 4.69) is 9.73 Å². The second-order valence-corrected chi connectivity index (χ2v) is 3.05. The number of alkyl halides is 3. The van der Waals surface area contributed by atoms with E-state index in [9.17, 15) is 13.2 Å². The van der Waals surface area contributed by atoms with Gasteiger partial charge in [-0.25, -0.2) is 0 Å². The molecule has 0 amide bonds. The molecule has 0 atom stereocenters. The van der Waals surface area contributed by atoms with E-state index in [0.29, 0.717) is 18.8 Å². The van der Waals surface area contributed by atoms with Gasteiger partial charge in [0.25, 0.3) is 0 Å². The minimum absolute atomic E-state index is 0.107. The highest BCUT2D eigenvalue weighted by Gasteiger charge is 2.36. The molecule has 2 nitrogen and oxygen atoms in total. The van der Waals surface area contributed by atoms with Crippen molar-refractivity contribution in [1.29, 1.82) is 0 Å². The summed E-state index contributed by atoms with van der Waals surface area (Å²) in [6, 6.07) is 2.38. The van der Waals surface area contributed by atoms with Crippen LogP contribution in [0.1, 0.15) is 17.4 Å². The maximum atomic E-state index is 12.1. The Labute approximate surface area is 72.7 Å². The quantitative estimate of drug-likeness (QED) is 0.734. The Balaban J connectivity index is 2.17. The van der Waals surface area contributed by atoms with Gasteiger partial charge in [0.05, 0.1) is 0 Å². The van der Waals surface area contributed by atoms with Crippen LogP contribution in [0.4, 0.5) is 13.2 Å². The van der Waals surface area contributed by atoms with Crippen molar-refractivity contribution >= 4 is 0 Å². The number of rotatable bonds is 1. The normalized spacial score (nSPS) is 18.7. The van der Waals surface area contributed by atoms with Gasteiger partial charge >= 0.3 is 6.18 Å². The number of halogens is 3. The minimum atomic E-state index is -4.37. The molecule has 1 fully saturated rings. The molecule has 0 saturated carbocycles. The molecule has 1 saturated heterocycles. The van der Waals surface area contributed by atoms with E-state index >= 15 is 0 Å². The molecule has 1 aromatic heterocycles.